The van der Waals surface area contributed by atoms with Gasteiger partial charge in [0.15, 0.2) is 5.82 Å². The van der Waals surface area contributed by atoms with Gasteiger partial charge in [0, 0.05) is 25.3 Å². The minimum Gasteiger partial charge on any atom is -0.356 e. The average molecular weight is 484 g/mol. The number of Topliss-reactive ketones (excluding diaryl/α,β-unsaturated/α-hetero) is 1. The maximum absolute atomic E-state index is 12.3. The summed E-state index contributed by atoms with van der Waals surface area (Å²) in [6.07, 6.45) is 2.14. The zero-order chi connectivity index (χ0) is 24.3. The van der Waals surface area contributed by atoms with E-state index in [1.54, 1.807) is 6.92 Å². The minimum atomic E-state index is -3.92. The number of tetrazole rings is 1. The summed E-state index contributed by atoms with van der Waals surface area (Å²) in [5.74, 6) is -1.76. The third kappa shape index (κ3) is 9.51. The zero-order valence-electron chi connectivity index (χ0n) is 18.7. The molecule has 2 amide bonds. The molecule has 182 valence electrons. The van der Waals surface area contributed by atoms with Crippen LogP contribution in [-0.4, -0.2) is 71.2 Å². The number of aromatic amines is 1. The minimum absolute atomic E-state index is 0.0137. The number of carbonyl (C=O) groups excluding carboxylic acids is 3. The van der Waals surface area contributed by atoms with Crippen molar-refractivity contribution in [2.45, 2.75) is 58.3 Å². The van der Waals surface area contributed by atoms with Crippen LogP contribution in [0.25, 0.3) is 0 Å². The van der Waals surface area contributed by atoms with Crippen LogP contribution in [0.4, 0.5) is 0 Å². The van der Waals surface area contributed by atoms with Gasteiger partial charge >= 0.3 is 0 Å². The molecule has 0 fully saturated rings. The Bertz CT molecular complexity index is 975. The molecule has 2 atom stereocenters. The third-order valence-electron chi connectivity index (χ3n) is 5.10. The summed E-state index contributed by atoms with van der Waals surface area (Å²) in [7, 11) is -3.92. The molecule has 1 aromatic heterocycles. The maximum Gasteiger partial charge on any atom is 0.234 e. The van der Waals surface area contributed by atoms with E-state index >= 15 is 0 Å². The van der Waals surface area contributed by atoms with Crippen LogP contribution in [0.1, 0.15) is 64.1 Å². The van der Waals surface area contributed by atoms with Crippen LogP contribution in [-0.2, 0) is 24.4 Å². The first-order chi connectivity index (χ1) is 15.7. The Hall–Kier alpha value is -3.10. The smallest absolute Gasteiger partial charge is 0.234 e. The number of hydrogen-bond acceptors (Lipinski definition) is 11. The number of ketones is 1. The molecule has 0 aliphatic carbocycles. The fraction of sp³-hybridized carbons (Fsp3) is 0.722. The number of rotatable bonds is 15. The molecule has 2 heterocycles. The first-order valence-electron chi connectivity index (χ1n) is 10.6. The maximum atomic E-state index is 12.3. The lowest BCUT2D eigenvalue weighted by atomic mass is 9.98. The molecule has 33 heavy (non-hydrogen) atoms. The van der Waals surface area contributed by atoms with Crippen LogP contribution in [0.3, 0.4) is 0 Å². The second-order valence-electron chi connectivity index (χ2n) is 7.81. The van der Waals surface area contributed by atoms with E-state index in [1.807, 2.05) is 11.6 Å². The quantitative estimate of drug-likeness (QED) is 0.294. The number of H-pyrrole nitrogens is 1. The molecule has 14 nitrogen and oxygen atoms in total. The molecular weight excluding hydrogens is 454 g/mol. The Labute approximate surface area is 191 Å². The predicted molar refractivity (Wildman–Crippen MR) is 117 cm³/mol. The van der Waals surface area contributed by atoms with Crippen LogP contribution in [0.15, 0.2) is 15.4 Å². The van der Waals surface area contributed by atoms with Gasteiger partial charge < -0.3 is 5.32 Å². The summed E-state index contributed by atoms with van der Waals surface area (Å²) in [6.45, 7) is 4.06. The normalized spacial score (nSPS) is 15.0. The van der Waals surface area contributed by atoms with E-state index < -0.39 is 21.8 Å². The van der Waals surface area contributed by atoms with E-state index in [4.69, 9.17) is 0 Å². The van der Waals surface area contributed by atoms with Crippen molar-refractivity contribution < 1.29 is 22.8 Å². The van der Waals surface area contributed by atoms with Crippen molar-refractivity contribution in [2.24, 2.45) is 21.4 Å². The van der Waals surface area contributed by atoms with Gasteiger partial charge in [0.25, 0.3) is 0 Å². The lowest BCUT2D eigenvalue weighted by Crippen LogP contribution is -2.35. The van der Waals surface area contributed by atoms with Gasteiger partial charge in [0.1, 0.15) is 12.3 Å². The number of carbonyl (C=O) groups is 3. The number of unbranched alkanes of at least 4 members (excludes halogenated alkanes) is 1. The number of sulfonamides is 1. The first kappa shape index (κ1) is 26.2. The van der Waals surface area contributed by atoms with E-state index in [1.165, 1.54) is 0 Å². The lowest BCUT2D eigenvalue weighted by molar-refractivity contribution is -0.121. The third-order valence-corrected chi connectivity index (χ3v) is 6.47. The summed E-state index contributed by atoms with van der Waals surface area (Å²) in [5, 5.41) is 27.2. The highest BCUT2D eigenvalue weighted by molar-refractivity contribution is 7.90. The molecule has 0 bridgehead atoms. The van der Waals surface area contributed by atoms with E-state index in [0.29, 0.717) is 12.3 Å². The highest BCUT2D eigenvalue weighted by Crippen LogP contribution is 2.20. The van der Waals surface area contributed by atoms with Crippen LogP contribution < -0.4 is 10.0 Å². The lowest BCUT2D eigenvalue weighted by Gasteiger charge is -2.12. The summed E-state index contributed by atoms with van der Waals surface area (Å²) in [5.41, 5.74) is 0.427. The predicted octanol–water partition coefficient (Wildman–Crippen LogP) is 0.233. The fourth-order valence-corrected chi connectivity index (χ4v) is 4.11. The molecule has 1 aromatic rings. The summed E-state index contributed by atoms with van der Waals surface area (Å²) >= 11 is 0. The SMILES string of the molecule is CC(=O)[C@@H](C)CCCCNC(=O)CCCS(=O)(=O)NC(=O)CC(C1=NN=NC1)c1nn[nH]n1. The molecule has 1 aliphatic rings. The van der Waals surface area contributed by atoms with Gasteiger partial charge in [-0.2, -0.15) is 10.3 Å². The monoisotopic (exact) mass is 483 g/mol. The first-order valence-corrected chi connectivity index (χ1v) is 12.3. The van der Waals surface area contributed by atoms with E-state index in [0.717, 1.165) is 19.3 Å². The molecule has 1 unspecified atom stereocenters. The Kier molecular flexibility index (Phi) is 10.2. The molecule has 0 saturated carbocycles. The molecule has 0 spiro atoms. The van der Waals surface area contributed by atoms with Crippen molar-refractivity contribution >= 4 is 33.3 Å². The second kappa shape index (κ2) is 12.8. The number of amides is 2. The summed E-state index contributed by atoms with van der Waals surface area (Å²) < 4.78 is 26.4. The molecule has 0 aromatic carbocycles. The Morgan fingerprint density at radius 1 is 1.15 bits per heavy atom. The number of nitrogens with one attached hydrogen (secondary N) is 3. The van der Waals surface area contributed by atoms with Crippen LogP contribution >= 0.6 is 0 Å². The van der Waals surface area contributed by atoms with Gasteiger partial charge in [0.05, 0.1) is 17.4 Å². The molecular formula is C18H29N9O5S. The molecule has 2 rings (SSSR count). The van der Waals surface area contributed by atoms with Crippen molar-refractivity contribution in [1.82, 2.24) is 30.7 Å². The van der Waals surface area contributed by atoms with Gasteiger partial charge in [0.2, 0.25) is 21.8 Å². The highest BCUT2D eigenvalue weighted by Gasteiger charge is 2.29. The van der Waals surface area contributed by atoms with Crippen molar-refractivity contribution in [2.75, 3.05) is 18.8 Å². The standard InChI is InChI=1S/C18H29N9O5S/c1-12(13(2)28)6-3-4-8-19-16(29)7-5-9-33(31,32)24-17(30)10-14(15-11-20-25-21-15)18-22-26-27-23-18/h12,14H,3-11H2,1-2H3,(H,19,29)(H,24,30)(H,22,23,26,27)/t12-,14?/m0/s1. The number of aromatic nitrogens is 4. The van der Waals surface area contributed by atoms with Gasteiger partial charge in [-0.1, -0.05) is 18.6 Å². The molecule has 0 radical (unpaired) electrons. The molecule has 15 heteroatoms. The summed E-state index contributed by atoms with van der Waals surface area (Å²) in [6, 6.07) is 0. The topological polar surface area (TPSA) is 201 Å². The Morgan fingerprint density at radius 2 is 1.94 bits per heavy atom. The molecule has 3 N–H and O–H groups in total. The Morgan fingerprint density at radius 3 is 2.58 bits per heavy atom. The zero-order valence-corrected chi connectivity index (χ0v) is 19.5. The van der Waals surface area contributed by atoms with Crippen molar-refractivity contribution in [3.05, 3.63) is 5.82 Å². The van der Waals surface area contributed by atoms with Crippen molar-refractivity contribution in [1.29, 1.82) is 0 Å². The number of hydrogen-bond donors (Lipinski definition) is 3. The average Bonchev–Trinajstić information content (AvgIpc) is 3.45. The van der Waals surface area contributed by atoms with E-state index in [9.17, 15) is 22.8 Å². The largest absolute Gasteiger partial charge is 0.356 e. The van der Waals surface area contributed by atoms with Gasteiger partial charge in [-0.3, -0.25) is 19.1 Å². The number of nitrogens with zero attached hydrogens (tertiary/aromatic N) is 6. The molecule has 1 aliphatic heterocycles. The highest BCUT2D eigenvalue weighted by atomic mass is 32.2. The van der Waals surface area contributed by atoms with Crippen molar-refractivity contribution in [3.63, 3.8) is 0 Å². The van der Waals surface area contributed by atoms with E-state index in [-0.39, 0.29) is 55.0 Å². The molecule has 0 saturated heterocycles. The van der Waals surface area contributed by atoms with Crippen LogP contribution in [0.2, 0.25) is 0 Å². The Balaban J connectivity index is 1.68. The van der Waals surface area contributed by atoms with Gasteiger partial charge in [-0.25, -0.2) is 8.42 Å². The second-order valence-corrected chi connectivity index (χ2v) is 9.65. The van der Waals surface area contributed by atoms with Gasteiger partial charge in [-0.15, -0.1) is 15.3 Å². The van der Waals surface area contributed by atoms with Crippen LogP contribution in [0.5, 0.6) is 0 Å². The van der Waals surface area contributed by atoms with Gasteiger partial charge in [-0.05, 0) is 31.4 Å². The van der Waals surface area contributed by atoms with E-state index in [2.05, 4.69) is 41.4 Å². The summed E-state index contributed by atoms with van der Waals surface area (Å²) in [4.78, 5) is 35.4. The van der Waals surface area contributed by atoms with Crippen molar-refractivity contribution in [3.8, 4) is 0 Å². The van der Waals surface area contributed by atoms with Crippen LogP contribution in [0, 0.1) is 5.92 Å². The fourth-order valence-electron chi connectivity index (χ4n) is 3.05.